The molecule has 0 amide bonds. The molecular weight excluding hydrogens is 184 g/mol. The summed E-state index contributed by atoms with van der Waals surface area (Å²) in [4.78, 5) is 21.2. The van der Waals surface area contributed by atoms with E-state index in [-0.39, 0.29) is 18.0 Å². The molecule has 1 saturated carbocycles. The number of halogens is 1. The summed E-state index contributed by atoms with van der Waals surface area (Å²) < 4.78 is 9.27. The summed E-state index contributed by atoms with van der Waals surface area (Å²) >= 11 is 4.95. The highest BCUT2D eigenvalue weighted by Gasteiger charge is 2.47. The van der Waals surface area contributed by atoms with Crippen LogP contribution in [-0.2, 0) is 14.3 Å². The molecule has 0 N–H and O–H groups in total. The van der Waals surface area contributed by atoms with Gasteiger partial charge in [0.1, 0.15) is 6.10 Å². The molecule has 0 saturated heterocycles. The highest BCUT2D eigenvalue weighted by molar-refractivity contribution is 6.61. The number of carbonyl (C=O) groups excluding carboxylic acids is 2. The van der Waals surface area contributed by atoms with Gasteiger partial charge in [0.25, 0.3) is 0 Å². The summed E-state index contributed by atoms with van der Waals surface area (Å²) in [6.45, 7) is 2.07. The van der Waals surface area contributed by atoms with E-state index in [0.29, 0.717) is 13.0 Å². The Hall–Kier alpha value is -0.770. The molecule has 0 bridgehead atoms. The van der Waals surface area contributed by atoms with Gasteiger partial charge in [-0.1, -0.05) is 0 Å². The van der Waals surface area contributed by atoms with Gasteiger partial charge in [-0.05, 0) is 6.92 Å². The van der Waals surface area contributed by atoms with Crippen LogP contribution in [-0.4, -0.2) is 24.1 Å². The predicted octanol–water partition coefficient (Wildman–Crippen LogP) is 1.31. The Morgan fingerprint density at radius 1 is 1.58 bits per heavy atom. The Kier molecular flexibility index (Phi) is 2.92. The van der Waals surface area contributed by atoms with Crippen LogP contribution in [0.2, 0.25) is 0 Å². The summed E-state index contributed by atoms with van der Waals surface area (Å²) in [6, 6.07) is 0. The topological polar surface area (TPSA) is 52.6 Å². The average molecular weight is 193 g/mol. The lowest BCUT2D eigenvalue weighted by atomic mass is 10.4. The van der Waals surface area contributed by atoms with Crippen molar-refractivity contribution in [1.29, 1.82) is 0 Å². The Bertz CT molecular complexity index is 204. The van der Waals surface area contributed by atoms with Crippen LogP contribution in [0.15, 0.2) is 0 Å². The molecule has 0 radical (unpaired) electrons. The number of carbonyl (C=O) groups is 2. The van der Waals surface area contributed by atoms with Crippen molar-refractivity contribution in [3.63, 3.8) is 0 Å². The second-order valence-electron chi connectivity index (χ2n) is 2.49. The van der Waals surface area contributed by atoms with Crippen molar-refractivity contribution in [2.45, 2.75) is 19.4 Å². The van der Waals surface area contributed by atoms with Gasteiger partial charge in [-0.3, -0.25) is 4.79 Å². The highest BCUT2D eigenvalue weighted by Crippen LogP contribution is 2.35. The van der Waals surface area contributed by atoms with Crippen LogP contribution in [0.25, 0.3) is 0 Å². The lowest BCUT2D eigenvalue weighted by Crippen LogP contribution is -2.11. The lowest BCUT2D eigenvalue weighted by molar-refractivity contribution is -0.145. The summed E-state index contributed by atoms with van der Waals surface area (Å²) in [6.07, 6.45) is 0.158. The van der Waals surface area contributed by atoms with Crippen LogP contribution in [0.5, 0.6) is 0 Å². The van der Waals surface area contributed by atoms with Crippen LogP contribution >= 0.6 is 11.6 Å². The van der Waals surface area contributed by atoms with Gasteiger partial charge in [0.2, 0.25) is 0 Å². The molecule has 0 aromatic heterocycles. The SMILES string of the molecule is CCOC(=O)C1CC1OC(=O)Cl. The van der Waals surface area contributed by atoms with Crippen LogP contribution in [0.4, 0.5) is 4.79 Å². The first-order valence-electron chi connectivity index (χ1n) is 3.68. The second kappa shape index (κ2) is 3.76. The third kappa shape index (κ3) is 2.37. The van der Waals surface area contributed by atoms with Crippen molar-refractivity contribution in [2.24, 2.45) is 5.92 Å². The van der Waals surface area contributed by atoms with Gasteiger partial charge < -0.3 is 9.47 Å². The average Bonchev–Trinajstić information content (AvgIpc) is 2.67. The monoisotopic (exact) mass is 192 g/mol. The molecule has 1 fully saturated rings. The van der Waals surface area contributed by atoms with E-state index in [0.717, 1.165) is 0 Å². The van der Waals surface area contributed by atoms with E-state index in [1.807, 2.05) is 0 Å². The molecular formula is C7H9ClO4. The van der Waals surface area contributed by atoms with Crippen molar-refractivity contribution < 1.29 is 19.1 Å². The van der Waals surface area contributed by atoms with Crippen LogP contribution in [0, 0.1) is 5.92 Å². The van der Waals surface area contributed by atoms with Gasteiger partial charge in [-0.25, -0.2) is 4.79 Å². The maximum absolute atomic E-state index is 10.9. The maximum atomic E-state index is 10.9. The minimum Gasteiger partial charge on any atom is -0.466 e. The van der Waals surface area contributed by atoms with Crippen LogP contribution in [0.3, 0.4) is 0 Å². The first kappa shape index (κ1) is 9.32. The number of hydrogen-bond acceptors (Lipinski definition) is 4. The molecule has 68 valence electrons. The Morgan fingerprint density at radius 3 is 2.75 bits per heavy atom. The zero-order chi connectivity index (χ0) is 9.14. The fourth-order valence-electron chi connectivity index (χ4n) is 0.918. The van der Waals surface area contributed by atoms with Crippen LogP contribution < -0.4 is 0 Å². The van der Waals surface area contributed by atoms with E-state index < -0.39 is 5.43 Å². The van der Waals surface area contributed by atoms with E-state index in [1.165, 1.54) is 0 Å². The Morgan fingerprint density at radius 2 is 2.25 bits per heavy atom. The third-order valence-electron chi connectivity index (χ3n) is 1.57. The van der Waals surface area contributed by atoms with E-state index >= 15 is 0 Å². The third-order valence-corrected chi connectivity index (χ3v) is 1.65. The number of rotatable bonds is 3. The smallest absolute Gasteiger partial charge is 0.404 e. The van der Waals surface area contributed by atoms with Gasteiger partial charge in [0.05, 0.1) is 12.5 Å². The summed E-state index contributed by atoms with van der Waals surface area (Å²) in [5.41, 5.74) is -0.869. The maximum Gasteiger partial charge on any atom is 0.404 e. The zero-order valence-electron chi connectivity index (χ0n) is 6.58. The first-order valence-corrected chi connectivity index (χ1v) is 4.05. The molecule has 5 heteroatoms. The summed E-state index contributed by atoms with van der Waals surface area (Å²) in [5, 5.41) is 0. The molecule has 4 nitrogen and oxygen atoms in total. The molecule has 12 heavy (non-hydrogen) atoms. The quantitative estimate of drug-likeness (QED) is 0.500. The van der Waals surface area contributed by atoms with Crippen molar-refractivity contribution in [2.75, 3.05) is 6.61 Å². The molecule has 1 aliphatic rings. The standard InChI is InChI=1S/C7H9ClO4/c1-2-11-6(9)4-3-5(4)12-7(8)10/h4-5H,2-3H2,1H3. The minimum absolute atomic E-state index is 0.298. The molecule has 0 aromatic rings. The van der Waals surface area contributed by atoms with Crippen molar-refractivity contribution in [1.82, 2.24) is 0 Å². The van der Waals surface area contributed by atoms with E-state index in [2.05, 4.69) is 4.74 Å². The largest absolute Gasteiger partial charge is 0.466 e. The fraction of sp³-hybridized carbons (Fsp3) is 0.714. The zero-order valence-corrected chi connectivity index (χ0v) is 7.34. The van der Waals surface area contributed by atoms with Crippen molar-refractivity contribution in [3.8, 4) is 0 Å². The number of ether oxygens (including phenoxy) is 2. The molecule has 0 aliphatic heterocycles. The second-order valence-corrected chi connectivity index (χ2v) is 2.80. The lowest BCUT2D eigenvalue weighted by Gasteiger charge is -1.99. The highest BCUT2D eigenvalue weighted by atomic mass is 35.5. The Balaban J connectivity index is 2.23. The number of esters is 1. The summed E-state index contributed by atoms with van der Waals surface area (Å²) in [7, 11) is 0. The molecule has 2 unspecified atom stereocenters. The van der Waals surface area contributed by atoms with Crippen molar-refractivity contribution in [3.05, 3.63) is 0 Å². The molecule has 1 aliphatic carbocycles. The van der Waals surface area contributed by atoms with Gasteiger partial charge in [0.15, 0.2) is 0 Å². The van der Waals surface area contributed by atoms with Gasteiger partial charge in [0, 0.05) is 18.0 Å². The van der Waals surface area contributed by atoms with Gasteiger partial charge >= 0.3 is 11.4 Å². The van der Waals surface area contributed by atoms with Crippen LogP contribution in [0.1, 0.15) is 13.3 Å². The molecule has 0 aromatic carbocycles. The van der Waals surface area contributed by atoms with E-state index in [4.69, 9.17) is 16.3 Å². The summed E-state index contributed by atoms with van der Waals surface area (Å²) in [5.74, 6) is -0.618. The minimum atomic E-state index is -0.869. The molecule has 0 spiro atoms. The number of hydrogen-bond donors (Lipinski definition) is 0. The van der Waals surface area contributed by atoms with E-state index in [1.54, 1.807) is 6.92 Å². The van der Waals surface area contributed by atoms with Crippen molar-refractivity contribution >= 4 is 23.0 Å². The van der Waals surface area contributed by atoms with E-state index in [9.17, 15) is 9.59 Å². The fourth-order valence-corrected chi connectivity index (χ4v) is 1.03. The first-order chi connectivity index (χ1) is 5.65. The van der Waals surface area contributed by atoms with Gasteiger partial charge in [-0.15, -0.1) is 0 Å². The Labute approximate surface area is 74.8 Å². The predicted molar refractivity (Wildman–Crippen MR) is 40.9 cm³/mol. The normalized spacial score (nSPS) is 26.2. The molecule has 0 heterocycles. The molecule has 1 rings (SSSR count). The molecule has 2 atom stereocenters. The van der Waals surface area contributed by atoms with Gasteiger partial charge in [-0.2, -0.15) is 0 Å².